The van der Waals surface area contributed by atoms with Crippen molar-refractivity contribution >= 4 is 5.78 Å². The minimum atomic E-state index is -1.53. The summed E-state index contributed by atoms with van der Waals surface area (Å²) in [6, 6.07) is 0.591. The summed E-state index contributed by atoms with van der Waals surface area (Å²) in [7, 11) is 1.47. The predicted molar refractivity (Wildman–Crippen MR) is 47.9 cm³/mol. The van der Waals surface area contributed by atoms with Gasteiger partial charge in [0.25, 0.3) is 0 Å². The summed E-state index contributed by atoms with van der Waals surface area (Å²) >= 11 is 0. The Balaban J connectivity index is 3.26. The van der Waals surface area contributed by atoms with Crippen LogP contribution in [0.25, 0.3) is 0 Å². The third kappa shape index (κ3) is 2.04. The SMILES string of the molecule is CNCC(=O)c1cc(F)c(O)c(F)c1O. The van der Waals surface area contributed by atoms with Crippen LogP contribution in [0.1, 0.15) is 10.4 Å². The molecule has 4 nitrogen and oxygen atoms in total. The van der Waals surface area contributed by atoms with Crippen LogP contribution in [0.4, 0.5) is 8.78 Å². The van der Waals surface area contributed by atoms with Gasteiger partial charge < -0.3 is 15.5 Å². The maximum atomic E-state index is 12.9. The van der Waals surface area contributed by atoms with Crippen molar-refractivity contribution in [3.05, 3.63) is 23.3 Å². The molecule has 0 radical (unpaired) electrons. The Morgan fingerprint density at radius 1 is 1.40 bits per heavy atom. The molecule has 0 bridgehead atoms. The van der Waals surface area contributed by atoms with E-state index in [1.54, 1.807) is 0 Å². The van der Waals surface area contributed by atoms with Crippen LogP contribution < -0.4 is 5.32 Å². The van der Waals surface area contributed by atoms with Crippen LogP contribution in [0, 0.1) is 11.6 Å². The second-order valence-corrected chi connectivity index (χ2v) is 2.87. The number of hydrogen-bond acceptors (Lipinski definition) is 4. The van der Waals surface area contributed by atoms with Gasteiger partial charge in [-0.15, -0.1) is 0 Å². The average Bonchev–Trinajstić information content (AvgIpc) is 2.20. The van der Waals surface area contributed by atoms with Crippen molar-refractivity contribution in [2.45, 2.75) is 0 Å². The molecule has 0 saturated heterocycles. The zero-order valence-corrected chi connectivity index (χ0v) is 7.84. The lowest BCUT2D eigenvalue weighted by Gasteiger charge is -2.06. The average molecular weight is 217 g/mol. The van der Waals surface area contributed by atoms with E-state index >= 15 is 0 Å². The largest absolute Gasteiger partial charge is 0.504 e. The van der Waals surface area contributed by atoms with Gasteiger partial charge in [-0.25, -0.2) is 4.39 Å². The van der Waals surface area contributed by atoms with Gasteiger partial charge in [-0.2, -0.15) is 4.39 Å². The number of halogens is 2. The van der Waals surface area contributed by atoms with Crippen molar-refractivity contribution in [1.29, 1.82) is 0 Å². The Kier molecular flexibility index (Phi) is 3.21. The van der Waals surface area contributed by atoms with E-state index in [2.05, 4.69) is 5.32 Å². The number of carbonyl (C=O) groups is 1. The molecule has 0 aliphatic heterocycles. The monoisotopic (exact) mass is 217 g/mol. The second kappa shape index (κ2) is 4.22. The molecule has 0 unspecified atom stereocenters. The molecule has 0 aliphatic rings. The van der Waals surface area contributed by atoms with Crippen molar-refractivity contribution in [1.82, 2.24) is 5.32 Å². The van der Waals surface area contributed by atoms with Gasteiger partial charge in [0.05, 0.1) is 12.1 Å². The van der Waals surface area contributed by atoms with Gasteiger partial charge in [-0.1, -0.05) is 0 Å². The summed E-state index contributed by atoms with van der Waals surface area (Å²) in [6.07, 6.45) is 0. The van der Waals surface area contributed by atoms with Crippen LogP contribution in [0.5, 0.6) is 11.5 Å². The molecular formula is C9H9F2NO3. The lowest BCUT2D eigenvalue weighted by molar-refractivity contribution is 0.0989. The molecule has 0 fully saturated rings. The third-order valence-electron chi connectivity index (χ3n) is 1.81. The maximum Gasteiger partial charge on any atom is 0.210 e. The normalized spacial score (nSPS) is 10.3. The smallest absolute Gasteiger partial charge is 0.210 e. The van der Waals surface area contributed by atoms with Crippen molar-refractivity contribution in [3.8, 4) is 11.5 Å². The van der Waals surface area contributed by atoms with Crippen molar-refractivity contribution in [2.24, 2.45) is 0 Å². The highest BCUT2D eigenvalue weighted by Crippen LogP contribution is 2.31. The minimum absolute atomic E-state index is 0.169. The summed E-state index contributed by atoms with van der Waals surface area (Å²) < 4.78 is 25.8. The minimum Gasteiger partial charge on any atom is -0.504 e. The molecule has 1 rings (SSSR count). The number of phenols is 2. The number of rotatable bonds is 3. The molecular weight excluding hydrogens is 208 g/mol. The summed E-state index contributed by atoms with van der Waals surface area (Å²) in [5.74, 6) is -5.84. The number of likely N-dealkylation sites (N-methyl/N-ethyl adjacent to an activating group) is 1. The first-order valence-electron chi connectivity index (χ1n) is 4.06. The van der Waals surface area contributed by atoms with Crippen LogP contribution in [-0.4, -0.2) is 29.6 Å². The molecule has 0 aromatic heterocycles. The van der Waals surface area contributed by atoms with Gasteiger partial charge >= 0.3 is 0 Å². The molecule has 0 heterocycles. The van der Waals surface area contributed by atoms with Crippen LogP contribution in [0.15, 0.2) is 6.07 Å². The molecule has 6 heteroatoms. The topological polar surface area (TPSA) is 69.6 Å². The van der Waals surface area contributed by atoms with Crippen molar-refractivity contribution in [3.63, 3.8) is 0 Å². The van der Waals surface area contributed by atoms with Gasteiger partial charge in [0.1, 0.15) is 0 Å². The first kappa shape index (κ1) is 11.4. The van der Waals surface area contributed by atoms with Gasteiger partial charge in [0.2, 0.25) is 5.82 Å². The van der Waals surface area contributed by atoms with Gasteiger partial charge in [0.15, 0.2) is 23.1 Å². The van der Waals surface area contributed by atoms with Crippen molar-refractivity contribution in [2.75, 3.05) is 13.6 Å². The molecule has 1 aromatic carbocycles. The molecule has 82 valence electrons. The maximum absolute atomic E-state index is 12.9. The van der Waals surface area contributed by atoms with Gasteiger partial charge in [-0.3, -0.25) is 4.79 Å². The molecule has 1 aromatic rings. The third-order valence-corrected chi connectivity index (χ3v) is 1.81. The van der Waals surface area contributed by atoms with E-state index in [4.69, 9.17) is 10.2 Å². The zero-order valence-electron chi connectivity index (χ0n) is 7.84. The number of aromatic hydroxyl groups is 2. The number of phenolic OH excluding ortho intramolecular Hbond substituents is 2. The summed E-state index contributed by atoms with van der Waals surface area (Å²) in [5.41, 5.74) is -0.503. The lowest BCUT2D eigenvalue weighted by Crippen LogP contribution is -2.19. The standard InChI is InChI=1S/C9H9F2NO3/c1-12-3-6(13)4-2-5(10)9(15)7(11)8(4)14/h2,12,14-15H,3H2,1H3. The highest BCUT2D eigenvalue weighted by molar-refractivity contribution is 6.00. The molecule has 15 heavy (non-hydrogen) atoms. The number of hydrogen-bond donors (Lipinski definition) is 3. The molecule has 0 aliphatic carbocycles. The zero-order chi connectivity index (χ0) is 11.6. The highest BCUT2D eigenvalue weighted by Gasteiger charge is 2.21. The quantitative estimate of drug-likeness (QED) is 0.654. The lowest BCUT2D eigenvalue weighted by atomic mass is 10.1. The Morgan fingerprint density at radius 3 is 2.53 bits per heavy atom. The summed E-state index contributed by atoms with van der Waals surface area (Å²) in [6.45, 7) is -0.169. The fraction of sp³-hybridized carbons (Fsp3) is 0.222. The van der Waals surface area contributed by atoms with Crippen LogP contribution in [-0.2, 0) is 0 Å². The number of benzene rings is 1. The Morgan fingerprint density at radius 2 is 2.00 bits per heavy atom. The van der Waals surface area contributed by atoms with Gasteiger partial charge in [-0.05, 0) is 13.1 Å². The molecule has 0 saturated carbocycles. The predicted octanol–water partition coefficient (Wildman–Crippen LogP) is 0.778. The Hall–Kier alpha value is -1.69. The highest BCUT2D eigenvalue weighted by atomic mass is 19.1. The van der Waals surface area contributed by atoms with E-state index in [1.165, 1.54) is 7.05 Å². The van der Waals surface area contributed by atoms with Crippen LogP contribution in [0.2, 0.25) is 0 Å². The molecule has 0 spiro atoms. The van der Waals surface area contributed by atoms with Crippen molar-refractivity contribution < 1.29 is 23.8 Å². The fourth-order valence-electron chi connectivity index (χ4n) is 1.07. The second-order valence-electron chi connectivity index (χ2n) is 2.87. The van der Waals surface area contributed by atoms with E-state index in [0.717, 1.165) is 0 Å². The van der Waals surface area contributed by atoms with E-state index < -0.39 is 34.5 Å². The summed E-state index contributed by atoms with van der Waals surface area (Å²) in [5, 5.41) is 20.4. The van der Waals surface area contributed by atoms with Crippen LogP contribution in [0.3, 0.4) is 0 Å². The Labute approximate surface area is 84.2 Å². The Bertz CT molecular complexity index is 407. The molecule has 0 amide bonds. The fourth-order valence-corrected chi connectivity index (χ4v) is 1.07. The van der Waals surface area contributed by atoms with Gasteiger partial charge in [0, 0.05) is 0 Å². The van der Waals surface area contributed by atoms with E-state index in [9.17, 15) is 13.6 Å². The molecule has 3 N–H and O–H groups in total. The van der Waals surface area contributed by atoms with Crippen LogP contribution >= 0.6 is 0 Å². The first-order chi connectivity index (χ1) is 6.99. The number of ketones is 1. The summed E-state index contributed by atoms with van der Waals surface area (Å²) in [4.78, 5) is 11.2. The van der Waals surface area contributed by atoms with E-state index in [-0.39, 0.29) is 6.54 Å². The number of nitrogens with one attached hydrogen (secondary N) is 1. The van der Waals surface area contributed by atoms with E-state index in [0.29, 0.717) is 6.07 Å². The number of carbonyl (C=O) groups excluding carboxylic acids is 1. The van der Waals surface area contributed by atoms with E-state index in [1.807, 2.05) is 0 Å². The number of Topliss-reactive ketones (excluding diaryl/α,β-unsaturated/α-hetero) is 1. The first-order valence-corrected chi connectivity index (χ1v) is 4.06. The molecule has 0 atom stereocenters.